The molecule has 12 nitrogen and oxygen atoms in total. The van der Waals surface area contributed by atoms with E-state index in [4.69, 9.17) is 31.4 Å². The van der Waals surface area contributed by atoms with Gasteiger partial charge in [0, 0.05) is 36.7 Å². The van der Waals surface area contributed by atoms with Gasteiger partial charge in [-0.1, -0.05) is 11.6 Å². The number of unbranched alkanes of at least 4 members (excludes halogenated alkanes) is 2. The van der Waals surface area contributed by atoms with E-state index in [-0.39, 0.29) is 19.0 Å². The number of carboxylic acids is 2. The molecule has 5 N–H and O–H groups in total. The molecule has 0 aliphatic heterocycles. The maximum absolute atomic E-state index is 11.8. The molecule has 2 rings (SSSR count). The van der Waals surface area contributed by atoms with Crippen LogP contribution >= 0.6 is 22.9 Å². The van der Waals surface area contributed by atoms with Gasteiger partial charge in [0.15, 0.2) is 5.13 Å². The summed E-state index contributed by atoms with van der Waals surface area (Å²) in [6.45, 7) is 1.12. The molecule has 0 fully saturated rings. The lowest BCUT2D eigenvalue weighted by atomic mass is 10.1. The lowest BCUT2D eigenvalue weighted by molar-refractivity contribution is -0.191. The zero-order valence-electron chi connectivity index (χ0n) is 18.0. The number of carbonyl (C=O) groups excluding carboxylic acids is 3. The molecule has 0 aliphatic rings. The maximum Gasteiger partial charge on any atom is 0.373 e. The molecule has 2 aromatic rings. The Hall–Kier alpha value is -3.54. The minimum absolute atomic E-state index is 0.170. The molecule has 2 aromatic heterocycles. The van der Waals surface area contributed by atoms with Gasteiger partial charge in [0.1, 0.15) is 11.2 Å². The van der Waals surface area contributed by atoms with Crippen molar-refractivity contribution in [2.75, 3.05) is 18.4 Å². The van der Waals surface area contributed by atoms with Gasteiger partial charge >= 0.3 is 24.1 Å². The fourth-order valence-electron chi connectivity index (χ4n) is 2.61. The summed E-state index contributed by atoms with van der Waals surface area (Å²) in [7, 11) is 0. The van der Waals surface area contributed by atoms with Crippen LogP contribution in [-0.2, 0) is 19.2 Å². The number of halogens is 1. The van der Waals surface area contributed by atoms with Crippen molar-refractivity contribution in [2.24, 2.45) is 0 Å². The molecule has 2 heterocycles. The molecule has 0 radical (unpaired) electrons. The molecule has 0 bridgehead atoms. The minimum atomic E-state index is -1.26. The molecule has 0 saturated carbocycles. The molecule has 184 valence electrons. The molecule has 2 amide bonds. The van der Waals surface area contributed by atoms with E-state index in [2.05, 4.69) is 25.9 Å². The van der Waals surface area contributed by atoms with Crippen LogP contribution < -0.4 is 16.0 Å². The van der Waals surface area contributed by atoms with Crippen LogP contribution in [0.3, 0.4) is 0 Å². The molecule has 0 spiro atoms. The van der Waals surface area contributed by atoms with Crippen molar-refractivity contribution in [1.29, 1.82) is 0 Å². The Morgan fingerprint density at radius 1 is 1.15 bits per heavy atom. The van der Waals surface area contributed by atoms with Crippen molar-refractivity contribution in [1.82, 2.24) is 20.6 Å². The van der Waals surface area contributed by atoms with E-state index in [9.17, 15) is 14.4 Å². The van der Waals surface area contributed by atoms with Gasteiger partial charge in [0.25, 0.3) is 0 Å². The van der Waals surface area contributed by atoms with Gasteiger partial charge in [-0.15, -0.1) is 11.3 Å². The lowest BCUT2D eigenvalue weighted by Crippen LogP contribution is -2.46. The first kappa shape index (κ1) is 28.5. The zero-order valence-corrected chi connectivity index (χ0v) is 19.5. The van der Waals surface area contributed by atoms with E-state index in [0.29, 0.717) is 11.7 Å². The van der Waals surface area contributed by atoms with Gasteiger partial charge in [-0.3, -0.25) is 4.79 Å². The van der Waals surface area contributed by atoms with Crippen LogP contribution in [-0.4, -0.2) is 63.4 Å². The molecule has 34 heavy (non-hydrogen) atoms. The summed E-state index contributed by atoms with van der Waals surface area (Å²) in [5.41, 5.74) is 1.73. The second-order valence-corrected chi connectivity index (χ2v) is 7.94. The van der Waals surface area contributed by atoms with Crippen molar-refractivity contribution < 1.29 is 34.2 Å². The molecule has 0 aliphatic carbocycles. The summed E-state index contributed by atoms with van der Waals surface area (Å²) < 4.78 is 0. The third-order valence-corrected chi connectivity index (χ3v) is 5.20. The van der Waals surface area contributed by atoms with Gasteiger partial charge in [-0.05, 0) is 37.8 Å². The highest BCUT2D eigenvalue weighted by atomic mass is 35.5. The van der Waals surface area contributed by atoms with Gasteiger partial charge in [-0.2, -0.15) is 9.59 Å². The number of hydrogen-bond donors (Lipinski definition) is 5. The van der Waals surface area contributed by atoms with E-state index in [1.54, 1.807) is 12.3 Å². The smallest absolute Gasteiger partial charge is 0.373 e. The first-order valence-electron chi connectivity index (χ1n) is 10.1. The summed E-state index contributed by atoms with van der Waals surface area (Å²) in [4.78, 5) is 58.1. The number of hydrogen-bond acceptors (Lipinski definition) is 9. The number of carboxylic acid groups (broad SMARTS) is 2. The van der Waals surface area contributed by atoms with Crippen LogP contribution in [0.1, 0.15) is 32.1 Å². The molecule has 0 saturated heterocycles. The lowest BCUT2D eigenvalue weighted by Gasteiger charge is -2.14. The average molecular weight is 514 g/mol. The Bertz CT molecular complexity index is 982. The number of urea groups is 1. The third-order valence-electron chi connectivity index (χ3n) is 4.19. The van der Waals surface area contributed by atoms with Crippen LogP contribution in [0.15, 0.2) is 23.7 Å². The Balaban J connectivity index is 0.00000182. The van der Waals surface area contributed by atoms with Crippen molar-refractivity contribution in [3.8, 4) is 11.3 Å². The number of pyridine rings is 1. The van der Waals surface area contributed by atoms with E-state index in [0.717, 1.165) is 42.2 Å². The number of rotatable bonds is 13. The molecule has 14 heteroatoms. The summed E-state index contributed by atoms with van der Waals surface area (Å²) in [6, 6.07) is 1.75. The van der Waals surface area contributed by atoms with Gasteiger partial charge in [-0.25, -0.2) is 19.6 Å². The van der Waals surface area contributed by atoms with Crippen LogP contribution in [0.2, 0.25) is 5.15 Å². The third kappa shape index (κ3) is 11.9. The summed E-state index contributed by atoms with van der Waals surface area (Å²) in [5.74, 6) is -2.38. The topological polar surface area (TPSA) is 188 Å². The molecular formula is C20H24ClN5O7S. The van der Waals surface area contributed by atoms with Crippen LogP contribution in [0.5, 0.6) is 0 Å². The largest absolute Gasteiger partial charge is 0.481 e. The number of anilines is 1. The van der Waals surface area contributed by atoms with Gasteiger partial charge < -0.3 is 26.2 Å². The van der Waals surface area contributed by atoms with Crippen LogP contribution in [0.25, 0.3) is 11.3 Å². The van der Waals surface area contributed by atoms with E-state index in [1.165, 1.54) is 11.3 Å². The van der Waals surface area contributed by atoms with E-state index >= 15 is 0 Å². The van der Waals surface area contributed by atoms with E-state index in [1.807, 2.05) is 11.4 Å². The normalized spacial score (nSPS) is 10.7. The fraction of sp³-hybridized carbons (Fsp3) is 0.400. The molecule has 0 aromatic carbocycles. The quantitative estimate of drug-likeness (QED) is 0.196. The summed E-state index contributed by atoms with van der Waals surface area (Å²) in [6.07, 6.45) is 3.83. The van der Waals surface area contributed by atoms with Gasteiger partial charge in [0.2, 0.25) is 0 Å². The SMILES string of the molecule is O=C(O)CC[C@H](NC(=O)NCCCCCNc1nc(-c2ccnc(Cl)c2)cs1)C(=O)O.O=C=O. The highest BCUT2D eigenvalue weighted by molar-refractivity contribution is 7.14. The maximum atomic E-state index is 11.8. The standard InChI is InChI=1S/C19H24ClN5O5S.CO2/c20-15-10-12(6-9-21-15)14-11-31-19(25-14)23-8-3-1-2-7-22-18(30)24-13(17(28)29)4-5-16(26)27;2-1-3/h6,9-11,13H,1-5,7-8H2,(H,23,25)(H,26,27)(H,28,29)(H2,22,24,30);/t13-;/m0./s1. The van der Waals surface area contributed by atoms with Gasteiger partial charge in [0.05, 0.1) is 5.69 Å². The predicted octanol–water partition coefficient (Wildman–Crippen LogP) is 2.47. The minimum Gasteiger partial charge on any atom is -0.481 e. The summed E-state index contributed by atoms with van der Waals surface area (Å²) in [5, 5.41) is 28.9. The summed E-state index contributed by atoms with van der Waals surface area (Å²) >= 11 is 7.40. The monoisotopic (exact) mass is 513 g/mol. The molecule has 1 atom stereocenters. The van der Waals surface area contributed by atoms with Crippen molar-refractivity contribution in [2.45, 2.75) is 38.1 Å². The number of nitrogens with zero attached hydrogens (tertiary/aromatic N) is 2. The number of amides is 2. The second kappa shape index (κ2) is 16.1. The average Bonchev–Trinajstić information content (AvgIpc) is 3.25. The Kier molecular flexibility index (Phi) is 13.5. The number of carbonyl (C=O) groups is 3. The number of aromatic nitrogens is 2. The first-order valence-corrected chi connectivity index (χ1v) is 11.3. The van der Waals surface area contributed by atoms with Crippen molar-refractivity contribution in [3.63, 3.8) is 0 Å². The Labute approximate surface area is 203 Å². The molecule has 0 unspecified atom stereocenters. The predicted molar refractivity (Wildman–Crippen MR) is 123 cm³/mol. The number of nitrogens with one attached hydrogen (secondary N) is 3. The van der Waals surface area contributed by atoms with Crippen LogP contribution in [0, 0.1) is 0 Å². The molecular weight excluding hydrogens is 490 g/mol. The number of aliphatic carboxylic acids is 2. The first-order chi connectivity index (χ1) is 16.3. The Morgan fingerprint density at radius 2 is 1.85 bits per heavy atom. The second-order valence-electron chi connectivity index (χ2n) is 6.70. The van der Waals surface area contributed by atoms with Crippen molar-refractivity contribution >= 4 is 52.2 Å². The van der Waals surface area contributed by atoms with Crippen LogP contribution in [0.4, 0.5) is 9.93 Å². The zero-order chi connectivity index (χ0) is 25.3. The van der Waals surface area contributed by atoms with Crippen molar-refractivity contribution in [3.05, 3.63) is 28.9 Å². The fourth-order valence-corrected chi connectivity index (χ4v) is 3.53. The van der Waals surface area contributed by atoms with E-state index < -0.39 is 24.0 Å². The number of thiazole rings is 1. The highest BCUT2D eigenvalue weighted by Crippen LogP contribution is 2.25. The highest BCUT2D eigenvalue weighted by Gasteiger charge is 2.20. The Morgan fingerprint density at radius 3 is 2.50 bits per heavy atom.